The minimum Gasteiger partial charge on any atom is -0.475 e. The Morgan fingerprint density at radius 3 is 2.73 bits per heavy atom. The fraction of sp³-hybridized carbons (Fsp3) is 0.389. The Morgan fingerprint density at radius 1 is 1.32 bits per heavy atom. The average Bonchev–Trinajstić information content (AvgIpc) is 2.92. The van der Waals surface area contributed by atoms with Crippen molar-refractivity contribution in [2.45, 2.75) is 45.2 Å². The molecule has 116 valence electrons. The quantitative estimate of drug-likeness (QED) is 0.919. The van der Waals surface area contributed by atoms with E-state index in [1.165, 1.54) is 17.3 Å². The zero-order valence-electron chi connectivity index (χ0n) is 13.2. The second kappa shape index (κ2) is 5.20. The van der Waals surface area contributed by atoms with Crippen LogP contribution in [0.25, 0.3) is 0 Å². The van der Waals surface area contributed by atoms with Gasteiger partial charge < -0.3 is 14.4 Å². The Labute approximate surface area is 130 Å². The van der Waals surface area contributed by atoms with E-state index in [0.717, 1.165) is 6.42 Å². The lowest BCUT2D eigenvalue weighted by Crippen LogP contribution is -2.47. The van der Waals surface area contributed by atoms with Crippen molar-refractivity contribution in [1.29, 1.82) is 0 Å². The van der Waals surface area contributed by atoms with Crippen molar-refractivity contribution in [3.63, 3.8) is 0 Å². The number of anilines is 1. The molecule has 4 nitrogen and oxygen atoms in total. The van der Waals surface area contributed by atoms with E-state index in [0.29, 0.717) is 18.2 Å². The van der Waals surface area contributed by atoms with E-state index in [9.17, 15) is 4.79 Å². The fourth-order valence-electron chi connectivity index (χ4n) is 3.48. The third-order valence-corrected chi connectivity index (χ3v) is 4.48. The Bertz CT molecular complexity index is 702. The molecule has 2 aromatic rings. The van der Waals surface area contributed by atoms with Crippen LogP contribution in [0, 0.1) is 0 Å². The lowest BCUT2D eigenvalue weighted by molar-refractivity contribution is 0.0660. The van der Waals surface area contributed by atoms with Crippen molar-refractivity contribution in [2.24, 2.45) is 0 Å². The number of rotatable bonds is 3. The molecule has 0 saturated carbocycles. The first-order chi connectivity index (χ1) is 10.4. The number of fused-ring (bicyclic) bond motifs is 1. The third-order valence-electron chi connectivity index (χ3n) is 4.48. The van der Waals surface area contributed by atoms with Gasteiger partial charge in [0, 0.05) is 11.2 Å². The lowest BCUT2D eigenvalue weighted by atomic mass is 9.80. The molecule has 2 heterocycles. The lowest BCUT2D eigenvalue weighted by Gasteiger charge is -2.47. The Morgan fingerprint density at radius 2 is 2.05 bits per heavy atom. The van der Waals surface area contributed by atoms with Gasteiger partial charge in [-0.3, -0.25) is 0 Å². The maximum atomic E-state index is 11.0. The van der Waals surface area contributed by atoms with Gasteiger partial charge in [0.15, 0.2) is 0 Å². The van der Waals surface area contributed by atoms with Crippen molar-refractivity contribution in [2.75, 3.05) is 4.90 Å². The van der Waals surface area contributed by atoms with Crippen LogP contribution in [-0.2, 0) is 6.54 Å². The number of aromatic carboxylic acids is 1. The van der Waals surface area contributed by atoms with E-state index in [1.54, 1.807) is 6.07 Å². The molecule has 0 saturated heterocycles. The molecule has 0 fully saturated rings. The number of hydrogen-bond donors (Lipinski definition) is 1. The Hall–Kier alpha value is -2.23. The van der Waals surface area contributed by atoms with Gasteiger partial charge in [0.25, 0.3) is 0 Å². The molecule has 1 N–H and O–H groups in total. The number of nitrogens with zero attached hydrogens (tertiary/aromatic N) is 1. The summed E-state index contributed by atoms with van der Waals surface area (Å²) >= 11 is 0. The molecule has 4 heteroatoms. The van der Waals surface area contributed by atoms with E-state index < -0.39 is 5.97 Å². The minimum atomic E-state index is -1.03. The maximum absolute atomic E-state index is 11.0. The zero-order chi connectivity index (χ0) is 15.9. The van der Waals surface area contributed by atoms with Gasteiger partial charge >= 0.3 is 5.97 Å². The molecule has 0 amide bonds. The molecule has 1 aliphatic heterocycles. The molecular weight excluding hydrogens is 278 g/mol. The smallest absolute Gasteiger partial charge is 0.371 e. The molecule has 1 aromatic carbocycles. The van der Waals surface area contributed by atoms with Crippen molar-refractivity contribution in [1.82, 2.24) is 0 Å². The second-order valence-electron chi connectivity index (χ2n) is 6.63. The van der Waals surface area contributed by atoms with E-state index in [2.05, 4.69) is 43.9 Å². The maximum Gasteiger partial charge on any atom is 0.371 e. The second-order valence-corrected chi connectivity index (χ2v) is 6.63. The highest BCUT2D eigenvalue weighted by atomic mass is 16.4. The van der Waals surface area contributed by atoms with Crippen LogP contribution in [0.15, 0.2) is 40.8 Å². The summed E-state index contributed by atoms with van der Waals surface area (Å²) < 4.78 is 5.44. The van der Waals surface area contributed by atoms with Crippen LogP contribution < -0.4 is 4.90 Å². The molecule has 1 aromatic heterocycles. The van der Waals surface area contributed by atoms with Crippen LogP contribution in [0.1, 0.15) is 55.0 Å². The van der Waals surface area contributed by atoms with Crippen molar-refractivity contribution in [3.8, 4) is 0 Å². The predicted molar refractivity (Wildman–Crippen MR) is 85.4 cm³/mol. The van der Waals surface area contributed by atoms with Crippen molar-refractivity contribution < 1.29 is 14.3 Å². The van der Waals surface area contributed by atoms with Gasteiger partial charge in [-0.1, -0.05) is 25.1 Å². The molecular formula is C18H21NO3. The zero-order valence-corrected chi connectivity index (χ0v) is 13.2. The van der Waals surface area contributed by atoms with Gasteiger partial charge in [-0.2, -0.15) is 0 Å². The number of benzene rings is 1. The summed E-state index contributed by atoms with van der Waals surface area (Å²) in [7, 11) is 0. The van der Waals surface area contributed by atoms with Gasteiger partial charge in [-0.25, -0.2) is 4.79 Å². The Kier molecular flexibility index (Phi) is 3.47. The SMILES string of the molecule is CC1CC(C)(C)N(Cc2ccc(C(=O)O)o2)c2ccccc21. The minimum absolute atomic E-state index is 0.00790. The Balaban J connectivity index is 1.96. The number of carboxylic acid groups (broad SMARTS) is 1. The molecule has 1 atom stereocenters. The van der Waals surface area contributed by atoms with Crippen molar-refractivity contribution in [3.05, 3.63) is 53.5 Å². The van der Waals surface area contributed by atoms with Gasteiger partial charge in [0.2, 0.25) is 5.76 Å². The van der Waals surface area contributed by atoms with Gasteiger partial charge in [-0.05, 0) is 49.9 Å². The van der Waals surface area contributed by atoms with Gasteiger partial charge in [0.1, 0.15) is 5.76 Å². The summed E-state index contributed by atoms with van der Waals surface area (Å²) in [4.78, 5) is 13.3. The van der Waals surface area contributed by atoms with Crippen LogP contribution in [0.5, 0.6) is 0 Å². The van der Waals surface area contributed by atoms with Crippen molar-refractivity contribution >= 4 is 11.7 Å². The summed E-state index contributed by atoms with van der Waals surface area (Å²) in [6.45, 7) is 7.28. The van der Waals surface area contributed by atoms with Crippen LogP contribution in [-0.4, -0.2) is 16.6 Å². The van der Waals surface area contributed by atoms with E-state index in [4.69, 9.17) is 9.52 Å². The monoisotopic (exact) mass is 299 g/mol. The van der Waals surface area contributed by atoms with Crippen LogP contribution >= 0.6 is 0 Å². The molecule has 1 unspecified atom stereocenters. The van der Waals surface area contributed by atoms with Crippen LogP contribution in [0.3, 0.4) is 0 Å². The molecule has 1 aliphatic rings. The molecule has 3 rings (SSSR count). The van der Waals surface area contributed by atoms with Crippen LogP contribution in [0.4, 0.5) is 5.69 Å². The molecule has 0 radical (unpaired) electrons. The first-order valence-corrected chi connectivity index (χ1v) is 7.57. The van der Waals surface area contributed by atoms with E-state index in [-0.39, 0.29) is 11.3 Å². The largest absolute Gasteiger partial charge is 0.475 e. The third kappa shape index (κ3) is 2.49. The van der Waals surface area contributed by atoms with Crippen LogP contribution in [0.2, 0.25) is 0 Å². The topological polar surface area (TPSA) is 53.7 Å². The number of hydrogen-bond acceptors (Lipinski definition) is 3. The summed E-state index contributed by atoms with van der Waals surface area (Å²) in [5.41, 5.74) is 2.54. The highest BCUT2D eigenvalue weighted by Crippen LogP contribution is 2.43. The van der Waals surface area contributed by atoms with Gasteiger partial charge in [0.05, 0.1) is 6.54 Å². The standard InChI is InChI=1S/C18H21NO3/c1-12-10-18(2,3)19(15-7-5-4-6-14(12)15)11-13-8-9-16(22-13)17(20)21/h4-9,12H,10-11H2,1-3H3,(H,20,21). The molecule has 0 spiro atoms. The highest BCUT2D eigenvalue weighted by molar-refractivity contribution is 5.84. The molecule has 0 aliphatic carbocycles. The summed E-state index contributed by atoms with van der Waals surface area (Å²) in [6, 6.07) is 11.7. The summed E-state index contributed by atoms with van der Waals surface area (Å²) in [6.07, 6.45) is 1.05. The first kappa shape index (κ1) is 14.7. The number of carbonyl (C=O) groups is 1. The van der Waals surface area contributed by atoms with E-state index >= 15 is 0 Å². The summed E-state index contributed by atoms with van der Waals surface area (Å²) in [5.74, 6) is 0.146. The average molecular weight is 299 g/mol. The number of carboxylic acids is 1. The first-order valence-electron chi connectivity index (χ1n) is 7.57. The van der Waals surface area contributed by atoms with Gasteiger partial charge in [-0.15, -0.1) is 0 Å². The molecule has 22 heavy (non-hydrogen) atoms. The number of furan rings is 1. The molecule has 0 bridgehead atoms. The van der Waals surface area contributed by atoms with E-state index in [1.807, 2.05) is 6.07 Å². The number of para-hydroxylation sites is 1. The fourth-order valence-corrected chi connectivity index (χ4v) is 3.48. The predicted octanol–water partition coefficient (Wildman–Crippen LogP) is 4.27. The normalized spacial score (nSPS) is 19.8. The highest BCUT2D eigenvalue weighted by Gasteiger charge is 2.36. The summed E-state index contributed by atoms with van der Waals surface area (Å²) in [5, 5.41) is 8.99.